The lowest BCUT2D eigenvalue weighted by molar-refractivity contribution is -0.207. The Kier molecular flexibility index (Phi) is 11.3. The van der Waals surface area contributed by atoms with Crippen LogP contribution < -0.4 is 10.6 Å². The van der Waals surface area contributed by atoms with E-state index in [1.807, 2.05) is 48.5 Å². The highest BCUT2D eigenvalue weighted by Crippen LogP contribution is 2.44. The number of fused-ring (bicyclic) bond motifs is 3. The second-order valence-corrected chi connectivity index (χ2v) is 11.0. The van der Waals surface area contributed by atoms with Crippen molar-refractivity contribution in [3.05, 3.63) is 72.3 Å². The molecule has 1 aliphatic carbocycles. The van der Waals surface area contributed by atoms with Crippen LogP contribution in [0.15, 0.2) is 61.2 Å². The van der Waals surface area contributed by atoms with Gasteiger partial charge in [0.05, 0.1) is 6.61 Å². The summed E-state index contributed by atoms with van der Waals surface area (Å²) in [6, 6.07) is 12.5. The number of amides is 3. The van der Waals surface area contributed by atoms with E-state index in [1.165, 1.54) is 6.92 Å². The zero-order valence-corrected chi connectivity index (χ0v) is 24.8. The zero-order chi connectivity index (χ0) is 31.0. The van der Waals surface area contributed by atoms with Gasteiger partial charge in [0.1, 0.15) is 24.7 Å². The molecule has 0 heterocycles. The van der Waals surface area contributed by atoms with Crippen molar-refractivity contribution in [3.63, 3.8) is 0 Å². The minimum absolute atomic E-state index is 0.0515. The molecule has 0 saturated heterocycles. The smallest absolute Gasteiger partial charge is 0.407 e. The molecule has 2 aromatic rings. The number of rotatable bonds is 14. The number of carboxylic acid groups (broad SMARTS) is 1. The molecule has 3 rings (SSSR count). The van der Waals surface area contributed by atoms with Gasteiger partial charge in [-0.25, -0.2) is 14.7 Å². The monoisotopic (exact) mass is 579 g/mol. The predicted molar refractivity (Wildman–Crippen MR) is 158 cm³/mol. The Bertz CT molecular complexity index is 1250. The molecule has 226 valence electrons. The van der Waals surface area contributed by atoms with Crippen LogP contribution in [0.25, 0.3) is 11.1 Å². The van der Waals surface area contributed by atoms with E-state index in [0.29, 0.717) is 6.42 Å². The largest absolute Gasteiger partial charge is 0.480 e. The molecule has 0 aromatic heterocycles. The van der Waals surface area contributed by atoms with Crippen LogP contribution in [-0.2, 0) is 24.0 Å². The van der Waals surface area contributed by atoms with Crippen LogP contribution in [0.3, 0.4) is 0 Å². The van der Waals surface area contributed by atoms with Crippen molar-refractivity contribution in [2.75, 3.05) is 13.2 Å². The molecule has 3 atom stereocenters. The summed E-state index contributed by atoms with van der Waals surface area (Å²) in [5.74, 6) is -3.52. The molecule has 0 radical (unpaired) electrons. The first-order valence-corrected chi connectivity index (χ1v) is 14.2. The van der Waals surface area contributed by atoms with Crippen molar-refractivity contribution in [3.8, 4) is 11.1 Å². The number of hydrogen-bond acceptors (Lipinski definition) is 6. The molecule has 0 spiro atoms. The fourth-order valence-electron chi connectivity index (χ4n) is 5.02. The fourth-order valence-corrected chi connectivity index (χ4v) is 5.02. The third-order valence-electron chi connectivity index (χ3n) is 7.20. The lowest BCUT2D eigenvalue weighted by atomic mass is 9.98. The first kappa shape index (κ1) is 32.3. The van der Waals surface area contributed by atoms with Gasteiger partial charge in [-0.3, -0.25) is 14.4 Å². The molecule has 2 aromatic carbocycles. The van der Waals surface area contributed by atoms with Crippen LogP contribution in [0.5, 0.6) is 0 Å². The zero-order valence-electron chi connectivity index (χ0n) is 24.8. The third kappa shape index (κ3) is 7.55. The Balaban J connectivity index is 1.72. The molecule has 1 aliphatic rings. The molecule has 10 heteroatoms. The van der Waals surface area contributed by atoms with E-state index in [9.17, 15) is 24.3 Å². The summed E-state index contributed by atoms with van der Waals surface area (Å²) in [7, 11) is 0. The van der Waals surface area contributed by atoms with Crippen LogP contribution >= 0.6 is 0 Å². The van der Waals surface area contributed by atoms with Gasteiger partial charge in [0.2, 0.25) is 5.91 Å². The number of carbonyl (C=O) groups is 4. The summed E-state index contributed by atoms with van der Waals surface area (Å²) in [6.07, 6.45) is 1.21. The second kappa shape index (κ2) is 14.6. The van der Waals surface area contributed by atoms with Crippen molar-refractivity contribution in [2.24, 2.45) is 11.8 Å². The average Bonchev–Trinajstić information content (AvgIpc) is 3.27. The lowest BCUT2D eigenvalue weighted by Crippen LogP contribution is -2.59. The van der Waals surface area contributed by atoms with Crippen molar-refractivity contribution >= 4 is 23.9 Å². The Labute approximate surface area is 247 Å². The summed E-state index contributed by atoms with van der Waals surface area (Å²) >= 11 is 0. The molecule has 10 nitrogen and oxygen atoms in total. The first-order chi connectivity index (χ1) is 20.0. The predicted octanol–water partition coefficient (Wildman–Crippen LogP) is 4.50. The number of carbonyl (C=O) groups excluding carboxylic acids is 3. The van der Waals surface area contributed by atoms with Gasteiger partial charge in [-0.1, -0.05) is 82.3 Å². The van der Waals surface area contributed by atoms with Crippen molar-refractivity contribution in [1.29, 1.82) is 0 Å². The van der Waals surface area contributed by atoms with E-state index < -0.39 is 47.9 Å². The number of nitrogens with zero attached hydrogens (tertiary/aromatic N) is 1. The van der Waals surface area contributed by atoms with Crippen LogP contribution in [0.2, 0.25) is 0 Å². The van der Waals surface area contributed by atoms with E-state index in [1.54, 1.807) is 33.8 Å². The van der Waals surface area contributed by atoms with Crippen molar-refractivity contribution < 1.29 is 33.9 Å². The first-order valence-electron chi connectivity index (χ1n) is 14.2. The van der Waals surface area contributed by atoms with Crippen molar-refractivity contribution in [2.45, 2.75) is 65.1 Å². The van der Waals surface area contributed by atoms with Gasteiger partial charge >= 0.3 is 12.1 Å². The molecular weight excluding hydrogens is 538 g/mol. The minimum Gasteiger partial charge on any atom is -0.480 e. The molecule has 42 heavy (non-hydrogen) atoms. The van der Waals surface area contributed by atoms with E-state index in [0.717, 1.165) is 27.3 Å². The third-order valence-corrected chi connectivity index (χ3v) is 7.20. The van der Waals surface area contributed by atoms with Crippen molar-refractivity contribution in [1.82, 2.24) is 15.7 Å². The molecule has 3 amide bonds. The number of aliphatic carboxylic acids is 1. The van der Waals surface area contributed by atoms with Crippen LogP contribution in [0, 0.1) is 11.8 Å². The average molecular weight is 580 g/mol. The lowest BCUT2D eigenvalue weighted by Gasteiger charge is -2.34. The summed E-state index contributed by atoms with van der Waals surface area (Å²) in [5.41, 5.74) is 4.31. The summed E-state index contributed by atoms with van der Waals surface area (Å²) in [4.78, 5) is 57.2. The van der Waals surface area contributed by atoms with Gasteiger partial charge in [-0.15, -0.1) is 6.58 Å². The molecule has 3 N–H and O–H groups in total. The number of alkyl carbamates (subject to hydrolysis) is 1. The summed E-state index contributed by atoms with van der Waals surface area (Å²) in [5, 5.41) is 15.6. The molecule has 0 fully saturated rings. The van der Waals surface area contributed by atoms with E-state index in [2.05, 4.69) is 17.2 Å². The SMILES string of the molecule is C=CCCON(C(=O)[C@H](C)NC(=O)OCC1c2ccccc2-c2ccccc21)[C@@H](C(=O)N[C@H](C(=O)O)C(C)C)C(C)C. The molecule has 0 aliphatic heterocycles. The highest BCUT2D eigenvalue weighted by Gasteiger charge is 2.38. The van der Waals surface area contributed by atoms with Crippen LogP contribution in [0.4, 0.5) is 4.79 Å². The maximum Gasteiger partial charge on any atom is 0.407 e. The Morgan fingerprint density at radius 1 is 0.929 bits per heavy atom. The number of benzene rings is 2. The topological polar surface area (TPSA) is 134 Å². The highest BCUT2D eigenvalue weighted by atomic mass is 16.7. The maximum absolute atomic E-state index is 13.6. The Morgan fingerprint density at radius 3 is 2.00 bits per heavy atom. The van der Waals surface area contributed by atoms with Crippen LogP contribution in [0.1, 0.15) is 58.1 Å². The maximum atomic E-state index is 13.6. The fraction of sp³-hybridized carbons (Fsp3) is 0.438. The second-order valence-electron chi connectivity index (χ2n) is 11.0. The number of nitrogens with one attached hydrogen (secondary N) is 2. The van der Waals surface area contributed by atoms with Gasteiger partial charge in [0, 0.05) is 5.92 Å². The standard InChI is InChI=1S/C32H41N3O7/c1-7-8-17-42-35(28(20(4)5)29(36)34-27(19(2)3)31(38)39)30(37)21(6)33-32(40)41-18-26-24-15-11-9-13-22(24)23-14-10-12-16-25(23)26/h7,9-16,19-21,26-28H,1,8,17-18H2,2-6H3,(H,33,40)(H,34,36)(H,38,39)/t21-,27-,28+/m0/s1. The molecule has 0 saturated carbocycles. The van der Waals surface area contributed by atoms with E-state index >= 15 is 0 Å². The molecule has 0 unspecified atom stereocenters. The molecular formula is C32H41N3O7. The quantitative estimate of drug-likeness (QED) is 0.170. The molecule has 0 bridgehead atoms. The minimum atomic E-state index is -1.18. The summed E-state index contributed by atoms with van der Waals surface area (Å²) < 4.78 is 5.58. The van der Waals surface area contributed by atoms with Gasteiger partial charge in [-0.05, 0) is 47.4 Å². The normalized spacial score (nSPS) is 14.4. The van der Waals surface area contributed by atoms with Gasteiger partial charge < -0.3 is 20.5 Å². The number of hydroxylamine groups is 2. The van der Waals surface area contributed by atoms with Gasteiger partial charge in [-0.2, -0.15) is 0 Å². The Morgan fingerprint density at radius 2 is 1.50 bits per heavy atom. The summed E-state index contributed by atoms with van der Waals surface area (Å²) in [6.45, 7) is 12.0. The van der Waals surface area contributed by atoms with E-state index in [4.69, 9.17) is 9.57 Å². The van der Waals surface area contributed by atoms with Gasteiger partial charge in [0.25, 0.3) is 5.91 Å². The van der Waals surface area contributed by atoms with E-state index in [-0.39, 0.29) is 25.0 Å². The number of ether oxygens (including phenoxy) is 1. The Hall–Kier alpha value is -4.18. The number of carboxylic acids is 1. The van der Waals surface area contributed by atoms with Gasteiger partial charge in [0.15, 0.2) is 0 Å². The van der Waals surface area contributed by atoms with Crippen LogP contribution in [-0.4, -0.2) is 65.4 Å². The highest BCUT2D eigenvalue weighted by molar-refractivity contribution is 5.92. The number of hydrogen-bond donors (Lipinski definition) is 3.